The van der Waals surface area contributed by atoms with E-state index in [9.17, 15) is 26.3 Å². The summed E-state index contributed by atoms with van der Waals surface area (Å²) >= 11 is 0. The molecule has 0 spiro atoms. The van der Waals surface area contributed by atoms with Gasteiger partial charge in [-0.1, -0.05) is 25.5 Å². The molecule has 9 heteroatoms. The van der Waals surface area contributed by atoms with Gasteiger partial charge < -0.3 is 14.2 Å². The molecule has 0 fully saturated rings. The van der Waals surface area contributed by atoms with Crippen LogP contribution in [0.1, 0.15) is 44.2 Å². The first-order valence-electron chi connectivity index (χ1n) is 10.2. The van der Waals surface area contributed by atoms with Gasteiger partial charge in [-0.05, 0) is 43.5 Å². The maximum atomic E-state index is 14.6. The monoisotopic (exact) mass is 460 g/mol. The standard InChI is InChI=1S/C23H22F6O3/c1-3-5-14-7-6-13(12-31-14)15-8-9-16(20(25)19(15)24)23(28,29)32-18-11-10-17(30-4-2)21(26)22(18)27/h6,8-11,14H,3-5,7,12H2,1-2H3. The van der Waals surface area contributed by atoms with Gasteiger partial charge in [0.05, 0.1) is 19.3 Å². The number of alkyl halides is 2. The first-order valence-corrected chi connectivity index (χ1v) is 10.2. The van der Waals surface area contributed by atoms with Crippen LogP contribution in [0.15, 0.2) is 30.3 Å². The zero-order valence-electron chi connectivity index (χ0n) is 17.5. The molecule has 0 amide bonds. The zero-order chi connectivity index (χ0) is 23.5. The van der Waals surface area contributed by atoms with Gasteiger partial charge in [0.25, 0.3) is 0 Å². The fraction of sp³-hybridized carbons (Fsp3) is 0.391. The van der Waals surface area contributed by atoms with Crippen molar-refractivity contribution < 1.29 is 40.6 Å². The highest BCUT2D eigenvalue weighted by Gasteiger charge is 2.40. The highest BCUT2D eigenvalue weighted by Crippen LogP contribution is 2.38. The van der Waals surface area contributed by atoms with E-state index in [1.165, 1.54) is 6.92 Å². The third-order valence-electron chi connectivity index (χ3n) is 5.00. The molecule has 0 radical (unpaired) electrons. The van der Waals surface area contributed by atoms with Crippen LogP contribution in [-0.4, -0.2) is 19.3 Å². The molecule has 2 aromatic carbocycles. The molecule has 0 aromatic heterocycles. The van der Waals surface area contributed by atoms with Gasteiger partial charge in [-0.25, -0.2) is 8.78 Å². The van der Waals surface area contributed by atoms with Crippen molar-refractivity contribution in [3.05, 3.63) is 64.7 Å². The van der Waals surface area contributed by atoms with Crippen molar-refractivity contribution in [3.8, 4) is 11.5 Å². The molecule has 1 atom stereocenters. The van der Waals surface area contributed by atoms with E-state index in [2.05, 4.69) is 4.74 Å². The van der Waals surface area contributed by atoms with Gasteiger partial charge in [0, 0.05) is 5.56 Å². The first kappa shape index (κ1) is 24.0. The topological polar surface area (TPSA) is 27.7 Å². The highest BCUT2D eigenvalue weighted by atomic mass is 19.3. The summed E-state index contributed by atoms with van der Waals surface area (Å²) in [6.07, 6.45) is -0.612. The summed E-state index contributed by atoms with van der Waals surface area (Å²) in [4.78, 5) is 0. The summed E-state index contributed by atoms with van der Waals surface area (Å²) in [7, 11) is 0. The highest BCUT2D eigenvalue weighted by molar-refractivity contribution is 5.68. The summed E-state index contributed by atoms with van der Waals surface area (Å²) in [5.74, 6) is -8.30. The van der Waals surface area contributed by atoms with E-state index in [-0.39, 0.29) is 24.9 Å². The van der Waals surface area contributed by atoms with Crippen molar-refractivity contribution in [2.75, 3.05) is 13.2 Å². The third kappa shape index (κ3) is 4.87. The summed E-state index contributed by atoms with van der Waals surface area (Å²) in [5.41, 5.74) is -1.33. The predicted molar refractivity (Wildman–Crippen MR) is 106 cm³/mol. The van der Waals surface area contributed by atoms with Crippen LogP contribution < -0.4 is 9.47 Å². The van der Waals surface area contributed by atoms with Crippen LogP contribution in [0.3, 0.4) is 0 Å². The maximum absolute atomic E-state index is 14.6. The molecular formula is C23H22F6O3. The Kier molecular flexibility index (Phi) is 7.38. The van der Waals surface area contributed by atoms with Crippen LogP contribution >= 0.6 is 0 Å². The fourth-order valence-corrected chi connectivity index (χ4v) is 3.39. The van der Waals surface area contributed by atoms with Crippen molar-refractivity contribution in [3.63, 3.8) is 0 Å². The van der Waals surface area contributed by atoms with E-state index in [1.807, 2.05) is 6.92 Å². The van der Waals surface area contributed by atoms with E-state index in [4.69, 9.17) is 9.47 Å². The lowest BCUT2D eigenvalue weighted by atomic mass is 9.98. The minimum atomic E-state index is -4.48. The van der Waals surface area contributed by atoms with Crippen LogP contribution in [0.5, 0.6) is 11.5 Å². The van der Waals surface area contributed by atoms with E-state index in [0.29, 0.717) is 18.1 Å². The molecule has 1 aliphatic heterocycles. The van der Waals surface area contributed by atoms with Crippen LogP contribution in [0, 0.1) is 23.3 Å². The first-order chi connectivity index (χ1) is 15.2. The number of benzene rings is 2. The molecule has 2 aromatic rings. The maximum Gasteiger partial charge on any atom is 0.429 e. The van der Waals surface area contributed by atoms with Crippen molar-refractivity contribution in [1.29, 1.82) is 0 Å². The summed E-state index contributed by atoms with van der Waals surface area (Å²) in [5, 5.41) is 0. The quantitative estimate of drug-likeness (QED) is 0.408. The molecule has 3 nitrogen and oxygen atoms in total. The van der Waals surface area contributed by atoms with Gasteiger partial charge in [0.2, 0.25) is 11.6 Å². The lowest BCUT2D eigenvalue weighted by Gasteiger charge is -2.24. The molecule has 0 aliphatic carbocycles. The van der Waals surface area contributed by atoms with E-state index in [0.717, 1.165) is 31.0 Å². The van der Waals surface area contributed by atoms with Crippen LogP contribution in [-0.2, 0) is 10.8 Å². The molecule has 32 heavy (non-hydrogen) atoms. The second-order valence-electron chi connectivity index (χ2n) is 7.22. The largest absolute Gasteiger partial charge is 0.491 e. The van der Waals surface area contributed by atoms with Gasteiger partial charge in [-0.15, -0.1) is 0 Å². The van der Waals surface area contributed by atoms with Gasteiger partial charge in [-0.2, -0.15) is 17.6 Å². The van der Waals surface area contributed by atoms with Gasteiger partial charge in [0.1, 0.15) is 5.56 Å². The molecule has 0 N–H and O–H groups in total. The SMILES string of the molecule is CCCC1CC=C(c2ccc(C(F)(F)Oc3ccc(OCC)c(F)c3F)c(F)c2F)CO1. The molecule has 1 heterocycles. The number of hydrogen-bond donors (Lipinski definition) is 0. The molecule has 174 valence electrons. The van der Waals surface area contributed by atoms with Gasteiger partial charge in [-0.3, -0.25) is 0 Å². The Bertz CT molecular complexity index is 1010. The minimum absolute atomic E-state index is 0.0178. The van der Waals surface area contributed by atoms with E-state index < -0.39 is 46.4 Å². The molecule has 1 unspecified atom stereocenters. The number of rotatable bonds is 8. The molecular weight excluding hydrogens is 438 g/mol. The number of hydrogen-bond acceptors (Lipinski definition) is 3. The van der Waals surface area contributed by atoms with Crippen LogP contribution in [0.4, 0.5) is 26.3 Å². The Balaban J connectivity index is 1.87. The predicted octanol–water partition coefficient (Wildman–Crippen LogP) is 6.74. The molecule has 0 saturated carbocycles. The second kappa shape index (κ2) is 9.85. The van der Waals surface area contributed by atoms with E-state index in [1.54, 1.807) is 6.08 Å². The lowest BCUT2D eigenvalue weighted by molar-refractivity contribution is -0.189. The Morgan fingerprint density at radius 1 is 0.938 bits per heavy atom. The summed E-state index contributed by atoms with van der Waals surface area (Å²) in [6, 6.07) is 3.25. The van der Waals surface area contributed by atoms with Crippen molar-refractivity contribution >= 4 is 5.57 Å². The van der Waals surface area contributed by atoms with Gasteiger partial charge in [0.15, 0.2) is 23.1 Å². The Hall–Kier alpha value is -2.68. The molecule has 1 aliphatic rings. The van der Waals surface area contributed by atoms with Crippen molar-refractivity contribution in [1.82, 2.24) is 0 Å². The second-order valence-corrected chi connectivity index (χ2v) is 7.22. The Morgan fingerprint density at radius 3 is 2.25 bits per heavy atom. The molecule has 0 bridgehead atoms. The number of halogens is 6. The van der Waals surface area contributed by atoms with E-state index >= 15 is 0 Å². The summed E-state index contributed by atoms with van der Waals surface area (Å²) in [6.45, 7) is 3.55. The normalized spacial score (nSPS) is 16.6. The average molecular weight is 460 g/mol. The zero-order valence-corrected chi connectivity index (χ0v) is 17.5. The smallest absolute Gasteiger partial charge is 0.429 e. The summed E-state index contributed by atoms with van der Waals surface area (Å²) < 4.78 is 101. The Morgan fingerprint density at radius 2 is 1.62 bits per heavy atom. The lowest BCUT2D eigenvalue weighted by Crippen LogP contribution is -2.25. The van der Waals surface area contributed by atoms with Crippen molar-refractivity contribution in [2.24, 2.45) is 0 Å². The molecule has 3 rings (SSSR count). The van der Waals surface area contributed by atoms with Crippen LogP contribution in [0.2, 0.25) is 0 Å². The third-order valence-corrected chi connectivity index (χ3v) is 5.00. The van der Waals surface area contributed by atoms with Gasteiger partial charge >= 0.3 is 6.11 Å². The average Bonchev–Trinajstić information content (AvgIpc) is 2.76. The Labute approximate surface area is 181 Å². The minimum Gasteiger partial charge on any atom is -0.491 e. The van der Waals surface area contributed by atoms with Crippen LogP contribution in [0.25, 0.3) is 5.57 Å². The molecule has 0 saturated heterocycles. The van der Waals surface area contributed by atoms with Crippen molar-refractivity contribution in [2.45, 2.75) is 45.3 Å². The fourth-order valence-electron chi connectivity index (χ4n) is 3.39. The number of ether oxygens (including phenoxy) is 3.